The summed E-state index contributed by atoms with van der Waals surface area (Å²) in [5.74, 6) is -0.781. The van der Waals surface area contributed by atoms with Crippen LogP contribution in [0.1, 0.15) is 13.3 Å². The van der Waals surface area contributed by atoms with Gasteiger partial charge in [-0.05, 0) is 24.6 Å². The molecule has 19 heavy (non-hydrogen) atoms. The molecule has 0 amide bonds. The first-order valence-electron chi connectivity index (χ1n) is 5.41. The third-order valence-electron chi connectivity index (χ3n) is 2.72. The van der Waals surface area contributed by atoms with E-state index in [1.165, 1.54) is 12.1 Å². The second kappa shape index (κ2) is 6.98. The van der Waals surface area contributed by atoms with Crippen molar-refractivity contribution in [3.63, 3.8) is 0 Å². The quantitative estimate of drug-likeness (QED) is 0.628. The maximum absolute atomic E-state index is 13.8. The van der Waals surface area contributed by atoms with Gasteiger partial charge in [-0.1, -0.05) is 54.7 Å². The van der Waals surface area contributed by atoms with Crippen molar-refractivity contribution >= 4 is 57.8 Å². The Labute approximate surface area is 137 Å². The molecule has 0 atom stereocenters. The first-order chi connectivity index (χ1) is 8.80. The summed E-state index contributed by atoms with van der Waals surface area (Å²) < 4.78 is 41.3. The van der Waals surface area contributed by atoms with Gasteiger partial charge in [-0.3, -0.25) is 0 Å². The number of hydrogen-bond acceptors (Lipinski definition) is 2. The largest absolute Gasteiger partial charge is 0.244 e. The highest BCUT2D eigenvalue weighted by atomic mass is 79.9. The molecule has 0 unspecified atom stereocenters. The van der Waals surface area contributed by atoms with E-state index in [0.717, 1.165) is 6.07 Å². The van der Waals surface area contributed by atoms with E-state index in [1.54, 1.807) is 0 Å². The summed E-state index contributed by atoms with van der Waals surface area (Å²) in [6, 6.07) is 3.86. The topological polar surface area (TPSA) is 46.2 Å². The Morgan fingerprint density at radius 3 is 2.32 bits per heavy atom. The van der Waals surface area contributed by atoms with Crippen LogP contribution in [0.3, 0.4) is 0 Å². The molecule has 108 valence electrons. The van der Waals surface area contributed by atoms with E-state index < -0.39 is 21.4 Å². The van der Waals surface area contributed by atoms with Crippen LogP contribution in [-0.4, -0.2) is 24.6 Å². The highest BCUT2D eigenvalue weighted by Gasteiger charge is 2.33. The Kier molecular flexibility index (Phi) is 6.44. The standard InChI is InChI=1S/C11H13Br3FNO2S/c1-2-11(6-12,7-13)16-19(17,18)10-4-3-8(14)5-9(10)15/h3-5,16H,2,6-7H2,1H3. The van der Waals surface area contributed by atoms with Gasteiger partial charge in [0.25, 0.3) is 0 Å². The van der Waals surface area contributed by atoms with Gasteiger partial charge in [0.15, 0.2) is 0 Å². The molecule has 0 bridgehead atoms. The summed E-state index contributed by atoms with van der Waals surface area (Å²) in [6.07, 6.45) is 0.570. The zero-order valence-electron chi connectivity index (χ0n) is 10.1. The van der Waals surface area contributed by atoms with E-state index in [-0.39, 0.29) is 4.90 Å². The van der Waals surface area contributed by atoms with Crippen molar-refractivity contribution in [1.82, 2.24) is 4.72 Å². The molecule has 1 aromatic carbocycles. The van der Waals surface area contributed by atoms with E-state index in [1.807, 2.05) is 6.92 Å². The fourth-order valence-electron chi connectivity index (χ4n) is 1.38. The average Bonchev–Trinajstić information content (AvgIpc) is 2.35. The normalized spacial score (nSPS) is 12.7. The zero-order chi connectivity index (χ0) is 14.7. The van der Waals surface area contributed by atoms with Crippen LogP contribution in [0, 0.1) is 5.82 Å². The summed E-state index contributed by atoms with van der Waals surface area (Å²) >= 11 is 9.68. The van der Waals surface area contributed by atoms with Crippen LogP contribution in [0.25, 0.3) is 0 Å². The molecule has 1 N–H and O–H groups in total. The lowest BCUT2D eigenvalue weighted by Crippen LogP contribution is -2.51. The Bertz CT molecular complexity index is 539. The van der Waals surface area contributed by atoms with Crippen LogP contribution in [0.5, 0.6) is 0 Å². The van der Waals surface area contributed by atoms with Crippen LogP contribution in [0.15, 0.2) is 27.6 Å². The number of alkyl halides is 2. The fraction of sp³-hybridized carbons (Fsp3) is 0.455. The maximum atomic E-state index is 13.8. The number of hydrogen-bond donors (Lipinski definition) is 1. The van der Waals surface area contributed by atoms with Gasteiger partial charge in [-0.25, -0.2) is 17.5 Å². The lowest BCUT2D eigenvalue weighted by atomic mass is 10.0. The first kappa shape index (κ1) is 17.6. The fourth-order valence-corrected chi connectivity index (χ4v) is 5.62. The number of benzene rings is 1. The molecule has 1 rings (SSSR count). The van der Waals surface area contributed by atoms with E-state index in [0.29, 0.717) is 21.6 Å². The molecule has 0 saturated heterocycles. The van der Waals surface area contributed by atoms with E-state index in [9.17, 15) is 12.8 Å². The minimum absolute atomic E-state index is 0.351. The number of sulfonamides is 1. The van der Waals surface area contributed by atoms with Gasteiger partial charge in [-0.15, -0.1) is 0 Å². The highest BCUT2D eigenvalue weighted by molar-refractivity contribution is 9.10. The minimum Gasteiger partial charge on any atom is -0.207 e. The Morgan fingerprint density at radius 1 is 1.32 bits per heavy atom. The lowest BCUT2D eigenvalue weighted by molar-refractivity contribution is 0.456. The predicted octanol–water partition coefficient (Wildman–Crippen LogP) is 3.81. The smallest absolute Gasteiger partial charge is 0.207 e. The molecular formula is C11H13Br3FNO2S. The SMILES string of the molecule is CCC(CBr)(CBr)NS(=O)(=O)c1ccc(Br)cc1F. The molecule has 0 spiro atoms. The molecule has 0 aliphatic rings. The summed E-state index contributed by atoms with van der Waals surface area (Å²) in [5.41, 5.74) is -0.682. The van der Waals surface area contributed by atoms with Crippen molar-refractivity contribution < 1.29 is 12.8 Å². The van der Waals surface area contributed by atoms with Crippen molar-refractivity contribution in [3.8, 4) is 0 Å². The van der Waals surface area contributed by atoms with Crippen LogP contribution in [0.2, 0.25) is 0 Å². The van der Waals surface area contributed by atoms with E-state index in [4.69, 9.17) is 0 Å². The van der Waals surface area contributed by atoms with E-state index in [2.05, 4.69) is 52.5 Å². The molecule has 8 heteroatoms. The predicted molar refractivity (Wildman–Crippen MR) is 85.0 cm³/mol. The molecular weight excluding hydrogens is 469 g/mol. The van der Waals surface area contributed by atoms with Gasteiger partial charge in [0.1, 0.15) is 10.7 Å². The van der Waals surface area contributed by atoms with Gasteiger partial charge in [0.2, 0.25) is 10.0 Å². The van der Waals surface area contributed by atoms with Gasteiger partial charge in [-0.2, -0.15) is 0 Å². The molecule has 0 aromatic heterocycles. The van der Waals surface area contributed by atoms with E-state index >= 15 is 0 Å². The Balaban J connectivity index is 3.17. The first-order valence-corrected chi connectivity index (χ1v) is 9.93. The number of nitrogens with one attached hydrogen (secondary N) is 1. The third-order valence-corrected chi connectivity index (χ3v) is 6.97. The third kappa shape index (κ3) is 4.23. The summed E-state index contributed by atoms with van der Waals surface area (Å²) in [7, 11) is -3.91. The molecule has 0 fully saturated rings. The van der Waals surface area contributed by atoms with Gasteiger partial charge in [0.05, 0.1) is 5.54 Å². The van der Waals surface area contributed by atoms with Crippen molar-refractivity contribution in [2.24, 2.45) is 0 Å². The molecule has 0 aliphatic carbocycles. The van der Waals surface area contributed by atoms with Gasteiger partial charge >= 0.3 is 0 Å². The average molecular weight is 482 g/mol. The summed E-state index contributed by atoms with van der Waals surface area (Å²) in [6.45, 7) is 1.86. The van der Waals surface area contributed by atoms with Crippen LogP contribution < -0.4 is 4.72 Å². The molecule has 0 aliphatic heterocycles. The summed E-state index contributed by atoms with van der Waals surface area (Å²) in [5, 5.41) is 0.859. The van der Waals surface area contributed by atoms with Crippen LogP contribution in [-0.2, 0) is 10.0 Å². The molecule has 0 radical (unpaired) electrons. The highest BCUT2D eigenvalue weighted by Crippen LogP contribution is 2.24. The van der Waals surface area contributed by atoms with Crippen LogP contribution >= 0.6 is 47.8 Å². The van der Waals surface area contributed by atoms with Crippen molar-refractivity contribution in [1.29, 1.82) is 0 Å². The molecule has 0 saturated carbocycles. The van der Waals surface area contributed by atoms with Gasteiger partial charge < -0.3 is 0 Å². The molecule has 0 heterocycles. The van der Waals surface area contributed by atoms with Crippen molar-refractivity contribution in [2.75, 3.05) is 10.7 Å². The van der Waals surface area contributed by atoms with Gasteiger partial charge in [0, 0.05) is 15.1 Å². The minimum atomic E-state index is -3.91. The maximum Gasteiger partial charge on any atom is 0.244 e. The zero-order valence-corrected chi connectivity index (χ0v) is 15.7. The van der Waals surface area contributed by atoms with Crippen molar-refractivity contribution in [2.45, 2.75) is 23.8 Å². The monoisotopic (exact) mass is 479 g/mol. The second-order valence-electron chi connectivity index (χ2n) is 4.08. The molecule has 3 nitrogen and oxygen atoms in total. The number of rotatable bonds is 6. The second-order valence-corrected chi connectivity index (χ2v) is 7.77. The molecule has 1 aromatic rings. The Morgan fingerprint density at radius 2 is 1.89 bits per heavy atom. The van der Waals surface area contributed by atoms with Crippen LogP contribution in [0.4, 0.5) is 4.39 Å². The summed E-state index contributed by atoms with van der Waals surface area (Å²) in [4.78, 5) is -0.351. The number of halogens is 4. The Hall–Kier alpha value is 0.500. The van der Waals surface area contributed by atoms with Crippen molar-refractivity contribution in [3.05, 3.63) is 28.5 Å². The lowest BCUT2D eigenvalue weighted by Gasteiger charge is -2.29.